The van der Waals surface area contributed by atoms with Crippen LogP contribution in [0.3, 0.4) is 0 Å². The van der Waals surface area contributed by atoms with Gasteiger partial charge in [-0.1, -0.05) is 6.07 Å². The Morgan fingerprint density at radius 3 is 2.56 bits per heavy atom. The maximum absolute atomic E-state index is 12.8. The Balaban J connectivity index is 2.83. The van der Waals surface area contributed by atoms with Gasteiger partial charge in [0.2, 0.25) is 0 Å². The quantitative estimate of drug-likeness (QED) is 0.850. The lowest BCUT2D eigenvalue weighted by atomic mass is 10.0. The van der Waals surface area contributed by atoms with Crippen LogP contribution >= 0.6 is 0 Å². The molecule has 0 atom stereocenters. The highest BCUT2D eigenvalue weighted by Crippen LogP contribution is 2.35. The summed E-state index contributed by atoms with van der Waals surface area (Å²) in [6.07, 6.45) is -4.46. The molecule has 2 aromatic rings. The number of benzene rings is 1. The zero-order chi connectivity index (χ0) is 13.5. The number of primary amides is 1. The second-order valence-corrected chi connectivity index (χ2v) is 3.89. The van der Waals surface area contributed by atoms with Crippen LogP contribution in [0.4, 0.5) is 13.2 Å². The van der Waals surface area contributed by atoms with E-state index in [1.165, 1.54) is 25.1 Å². The fourth-order valence-corrected chi connectivity index (χ4v) is 1.85. The minimum Gasteiger partial charge on any atom is -0.364 e. The van der Waals surface area contributed by atoms with Gasteiger partial charge in [0.05, 0.1) is 11.1 Å². The Hall–Kier alpha value is -2.11. The number of halogens is 3. The van der Waals surface area contributed by atoms with Crippen molar-refractivity contribution in [3.63, 3.8) is 0 Å². The maximum atomic E-state index is 12.8. The van der Waals surface area contributed by atoms with Gasteiger partial charge in [0.15, 0.2) is 0 Å². The number of fused-ring (bicyclic) bond motifs is 1. The van der Waals surface area contributed by atoms with Gasteiger partial charge in [-0.3, -0.25) is 4.79 Å². The highest BCUT2D eigenvalue weighted by molar-refractivity contribution is 5.95. The summed E-state index contributed by atoms with van der Waals surface area (Å²) in [7, 11) is 0. The van der Waals surface area contributed by atoms with Crippen molar-refractivity contribution in [2.24, 2.45) is 5.73 Å². The highest BCUT2D eigenvalue weighted by atomic mass is 19.4. The Morgan fingerprint density at radius 1 is 1.33 bits per heavy atom. The molecule has 0 aliphatic rings. The lowest BCUT2D eigenvalue weighted by Gasteiger charge is -2.12. The molecular weight excluding hydrogens is 245 g/mol. The second-order valence-electron chi connectivity index (χ2n) is 3.89. The number of carbonyl (C=O) groups excluding carboxylic acids is 1. The number of hydrogen-bond acceptors (Lipinski definition) is 2. The monoisotopic (exact) mass is 254 g/mol. The van der Waals surface area contributed by atoms with Gasteiger partial charge in [-0.15, -0.1) is 0 Å². The molecule has 0 radical (unpaired) electrons. The van der Waals surface area contributed by atoms with Gasteiger partial charge in [-0.2, -0.15) is 13.2 Å². The van der Waals surface area contributed by atoms with E-state index in [1.807, 2.05) is 0 Å². The molecule has 94 valence electrons. The fraction of sp³-hybridized carbons (Fsp3) is 0.167. The summed E-state index contributed by atoms with van der Waals surface area (Å²) in [6, 6.07) is 4.92. The van der Waals surface area contributed by atoms with E-state index in [-0.39, 0.29) is 16.6 Å². The first-order chi connectivity index (χ1) is 8.30. The van der Waals surface area contributed by atoms with E-state index in [0.29, 0.717) is 5.56 Å². The molecular formula is C12H9F3N2O. The van der Waals surface area contributed by atoms with Gasteiger partial charge in [0.25, 0.3) is 5.91 Å². The van der Waals surface area contributed by atoms with Gasteiger partial charge in [-0.25, -0.2) is 4.98 Å². The van der Waals surface area contributed by atoms with E-state index < -0.39 is 17.6 Å². The summed E-state index contributed by atoms with van der Waals surface area (Å²) < 4.78 is 38.5. The first kappa shape index (κ1) is 12.3. The number of alkyl halides is 3. The fourth-order valence-electron chi connectivity index (χ4n) is 1.85. The van der Waals surface area contributed by atoms with Crippen molar-refractivity contribution in [3.8, 4) is 0 Å². The van der Waals surface area contributed by atoms with Gasteiger partial charge < -0.3 is 5.73 Å². The Labute approximate surface area is 100 Å². The zero-order valence-corrected chi connectivity index (χ0v) is 9.38. The maximum Gasteiger partial charge on any atom is 0.417 e. The molecule has 6 heteroatoms. The minimum absolute atomic E-state index is 0.00463. The third-order valence-corrected chi connectivity index (χ3v) is 2.59. The van der Waals surface area contributed by atoms with Crippen molar-refractivity contribution in [2.45, 2.75) is 13.1 Å². The van der Waals surface area contributed by atoms with Crippen molar-refractivity contribution >= 4 is 16.8 Å². The van der Waals surface area contributed by atoms with E-state index >= 15 is 0 Å². The average Bonchev–Trinajstić information content (AvgIpc) is 2.26. The number of hydrogen-bond donors (Lipinski definition) is 1. The Bertz CT molecular complexity index is 635. The van der Waals surface area contributed by atoms with Gasteiger partial charge >= 0.3 is 6.18 Å². The van der Waals surface area contributed by atoms with E-state index in [2.05, 4.69) is 4.98 Å². The summed E-state index contributed by atoms with van der Waals surface area (Å²) in [5.74, 6) is -0.766. The van der Waals surface area contributed by atoms with E-state index in [9.17, 15) is 18.0 Å². The number of rotatable bonds is 1. The Kier molecular flexibility index (Phi) is 2.73. The molecule has 0 saturated heterocycles. The molecule has 0 saturated carbocycles. The molecule has 1 aromatic heterocycles. The molecule has 2 rings (SSSR count). The SMILES string of the molecule is Cc1cc(C(N)=O)nc2cccc(C(F)(F)F)c12. The summed E-state index contributed by atoms with van der Waals surface area (Å²) in [5.41, 5.74) is 4.70. The van der Waals surface area contributed by atoms with Crippen molar-refractivity contribution < 1.29 is 18.0 Å². The molecule has 0 bridgehead atoms. The van der Waals surface area contributed by atoms with Crippen molar-refractivity contribution in [2.75, 3.05) is 0 Å². The lowest BCUT2D eigenvalue weighted by molar-refractivity contribution is -0.136. The van der Waals surface area contributed by atoms with Crippen LogP contribution in [-0.2, 0) is 6.18 Å². The number of carbonyl (C=O) groups is 1. The van der Waals surface area contributed by atoms with Crippen LogP contribution in [0.2, 0.25) is 0 Å². The number of pyridine rings is 1. The average molecular weight is 254 g/mol. The van der Waals surface area contributed by atoms with Gasteiger partial charge in [-0.05, 0) is 30.7 Å². The highest BCUT2D eigenvalue weighted by Gasteiger charge is 2.33. The predicted octanol–water partition coefficient (Wildman–Crippen LogP) is 2.66. The standard InChI is InChI=1S/C12H9F3N2O/c1-6-5-9(11(16)18)17-8-4-2-3-7(10(6)8)12(13,14)15/h2-5H,1H3,(H2,16,18). The molecule has 0 unspecified atom stereocenters. The number of nitrogens with zero attached hydrogens (tertiary/aromatic N) is 1. The number of nitrogens with two attached hydrogens (primary N) is 1. The molecule has 18 heavy (non-hydrogen) atoms. The summed E-state index contributed by atoms with van der Waals surface area (Å²) in [5, 5.41) is -0.00463. The van der Waals surface area contributed by atoms with Crippen LogP contribution in [-0.4, -0.2) is 10.9 Å². The number of aromatic nitrogens is 1. The predicted molar refractivity (Wildman–Crippen MR) is 60.0 cm³/mol. The molecule has 0 aliphatic heterocycles. The molecule has 1 heterocycles. The molecule has 3 nitrogen and oxygen atoms in total. The second kappa shape index (κ2) is 3.97. The van der Waals surface area contributed by atoms with E-state index in [0.717, 1.165) is 6.07 Å². The van der Waals surface area contributed by atoms with Crippen molar-refractivity contribution in [3.05, 3.63) is 41.1 Å². The summed E-state index contributed by atoms with van der Waals surface area (Å²) in [6.45, 7) is 1.49. The minimum atomic E-state index is -4.46. The van der Waals surface area contributed by atoms with E-state index in [4.69, 9.17) is 5.73 Å². The molecule has 2 N–H and O–H groups in total. The van der Waals surface area contributed by atoms with Crippen molar-refractivity contribution in [1.82, 2.24) is 4.98 Å². The van der Waals surface area contributed by atoms with Crippen LogP contribution in [0.5, 0.6) is 0 Å². The zero-order valence-electron chi connectivity index (χ0n) is 9.38. The first-order valence-corrected chi connectivity index (χ1v) is 5.08. The summed E-state index contributed by atoms with van der Waals surface area (Å²) >= 11 is 0. The third kappa shape index (κ3) is 2.01. The molecule has 0 aliphatic carbocycles. The topological polar surface area (TPSA) is 56.0 Å². The largest absolute Gasteiger partial charge is 0.417 e. The third-order valence-electron chi connectivity index (χ3n) is 2.59. The number of amides is 1. The van der Waals surface area contributed by atoms with Crippen LogP contribution in [0.1, 0.15) is 21.6 Å². The van der Waals surface area contributed by atoms with E-state index in [1.54, 1.807) is 0 Å². The van der Waals surface area contributed by atoms with Crippen LogP contribution in [0, 0.1) is 6.92 Å². The molecule has 1 aromatic carbocycles. The van der Waals surface area contributed by atoms with Crippen molar-refractivity contribution in [1.29, 1.82) is 0 Å². The molecule has 0 fully saturated rings. The first-order valence-electron chi connectivity index (χ1n) is 5.08. The van der Waals surface area contributed by atoms with Crippen LogP contribution < -0.4 is 5.73 Å². The molecule has 1 amide bonds. The van der Waals surface area contributed by atoms with Crippen LogP contribution in [0.25, 0.3) is 10.9 Å². The Morgan fingerprint density at radius 2 is 2.00 bits per heavy atom. The number of aryl methyl sites for hydroxylation is 1. The van der Waals surface area contributed by atoms with Crippen LogP contribution in [0.15, 0.2) is 24.3 Å². The van der Waals surface area contributed by atoms with Gasteiger partial charge in [0, 0.05) is 5.39 Å². The normalized spacial score (nSPS) is 11.8. The lowest BCUT2D eigenvalue weighted by Crippen LogP contribution is -2.14. The van der Waals surface area contributed by atoms with Gasteiger partial charge in [0.1, 0.15) is 5.69 Å². The smallest absolute Gasteiger partial charge is 0.364 e. The molecule has 0 spiro atoms. The summed E-state index contributed by atoms with van der Waals surface area (Å²) in [4.78, 5) is 14.9.